The van der Waals surface area contributed by atoms with Crippen LogP contribution in [0.15, 0.2) is 24.3 Å². The molecule has 1 N–H and O–H groups in total. The van der Waals surface area contributed by atoms with Gasteiger partial charge in [-0.05, 0) is 30.5 Å². The molecule has 1 aromatic carbocycles. The van der Waals surface area contributed by atoms with Gasteiger partial charge < -0.3 is 14.9 Å². The Bertz CT molecular complexity index is 801. The largest absolute Gasteiger partial charge is 0.394 e. The van der Waals surface area contributed by atoms with Gasteiger partial charge in [0.1, 0.15) is 0 Å². The van der Waals surface area contributed by atoms with Gasteiger partial charge in [0.05, 0.1) is 25.2 Å². The Labute approximate surface area is 166 Å². The number of piperazine rings is 1. The molecule has 4 rings (SSSR count). The molecule has 1 saturated carbocycles. The number of aliphatic hydroxyl groups excluding tert-OH is 1. The van der Waals surface area contributed by atoms with Crippen molar-refractivity contribution in [2.24, 2.45) is 5.92 Å². The lowest BCUT2D eigenvalue weighted by Crippen LogP contribution is -2.73. The van der Waals surface area contributed by atoms with E-state index < -0.39 is 0 Å². The third-order valence-electron chi connectivity index (χ3n) is 6.48. The van der Waals surface area contributed by atoms with E-state index in [-0.39, 0.29) is 43.0 Å². The van der Waals surface area contributed by atoms with E-state index in [0.717, 1.165) is 11.1 Å². The average molecular weight is 380 g/mol. The number of nitrogens with zero attached hydrogens (tertiary/aromatic N) is 2. The first-order chi connectivity index (χ1) is 13.6. The zero-order valence-corrected chi connectivity index (χ0v) is 16.4. The van der Waals surface area contributed by atoms with Crippen LogP contribution in [0.3, 0.4) is 0 Å². The highest BCUT2D eigenvalue weighted by molar-refractivity contribution is 5.87. The molecule has 0 bridgehead atoms. The van der Waals surface area contributed by atoms with Crippen LogP contribution in [0.1, 0.15) is 56.1 Å². The molecule has 28 heavy (non-hydrogen) atoms. The van der Waals surface area contributed by atoms with Gasteiger partial charge in [0.2, 0.25) is 11.8 Å². The second-order valence-electron chi connectivity index (χ2n) is 8.14. The van der Waals surface area contributed by atoms with Crippen molar-refractivity contribution in [3.8, 4) is 11.8 Å². The van der Waals surface area contributed by atoms with E-state index in [1.54, 1.807) is 9.80 Å². The topological polar surface area (TPSA) is 60.9 Å². The molecule has 2 saturated heterocycles. The number of carbonyl (C=O) groups excluding carboxylic acids is 2. The summed E-state index contributed by atoms with van der Waals surface area (Å²) in [4.78, 5) is 28.0. The second kappa shape index (κ2) is 7.97. The van der Waals surface area contributed by atoms with Crippen molar-refractivity contribution in [1.82, 2.24) is 9.80 Å². The summed E-state index contributed by atoms with van der Waals surface area (Å²) in [6.45, 7) is 2.43. The van der Waals surface area contributed by atoms with Crippen molar-refractivity contribution >= 4 is 11.8 Å². The fourth-order valence-electron chi connectivity index (χ4n) is 4.96. The maximum Gasteiger partial charge on any atom is 0.242 e. The van der Waals surface area contributed by atoms with Crippen molar-refractivity contribution in [3.05, 3.63) is 35.4 Å². The first-order valence-corrected chi connectivity index (χ1v) is 10.4. The van der Waals surface area contributed by atoms with Gasteiger partial charge in [-0.15, -0.1) is 0 Å². The molecular formula is C23H28N2O3. The quantitative estimate of drug-likeness (QED) is 0.818. The molecule has 0 unspecified atom stereocenters. The summed E-state index contributed by atoms with van der Waals surface area (Å²) in [6.07, 6.45) is 5.41. The maximum absolute atomic E-state index is 12.5. The Morgan fingerprint density at radius 2 is 1.93 bits per heavy atom. The first-order valence-electron chi connectivity index (χ1n) is 10.4. The van der Waals surface area contributed by atoms with Crippen LogP contribution in [0, 0.1) is 17.8 Å². The molecule has 1 aliphatic carbocycles. The van der Waals surface area contributed by atoms with Gasteiger partial charge >= 0.3 is 0 Å². The van der Waals surface area contributed by atoms with Crippen molar-refractivity contribution in [2.45, 2.75) is 57.0 Å². The number of hydrogen-bond acceptors (Lipinski definition) is 3. The average Bonchev–Trinajstić information content (AvgIpc) is 3.22. The van der Waals surface area contributed by atoms with Crippen LogP contribution in [0.2, 0.25) is 0 Å². The minimum absolute atomic E-state index is 0.0109. The van der Waals surface area contributed by atoms with Crippen LogP contribution in [0.4, 0.5) is 0 Å². The van der Waals surface area contributed by atoms with Crippen LogP contribution in [-0.4, -0.2) is 58.5 Å². The number of fused-ring (bicyclic) bond motifs is 1. The van der Waals surface area contributed by atoms with E-state index in [4.69, 9.17) is 0 Å². The van der Waals surface area contributed by atoms with E-state index >= 15 is 0 Å². The van der Waals surface area contributed by atoms with Gasteiger partial charge in [0.15, 0.2) is 0 Å². The van der Waals surface area contributed by atoms with Crippen molar-refractivity contribution in [2.75, 3.05) is 19.7 Å². The normalized spacial score (nSPS) is 27.1. The third-order valence-corrected chi connectivity index (χ3v) is 6.48. The monoisotopic (exact) mass is 380 g/mol. The van der Waals surface area contributed by atoms with Gasteiger partial charge in [-0.1, -0.05) is 43.7 Å². The Balaban J connectivity index is 1.50. The molecule has 2 heterocycles. The molecule has 2 amide bonds. The maximum atomic E-state index is 12.5. The highest BCUT2D eigenvalue weighted by Crippen LogP contribution is 2.42. The van der Waals surface area contributed by atoms with Gasteiger partial charge in [-0.2, -0.15) is 0 Å². The van der Waals surface area contributed by atoms with E-state index in [1.807, 2.05) is 19.1 Å². The van der Waals surface area contributed by atoms with Crippen LogP contribution in [-0.2, 0) is 9.59 Å². The molecular weight excluding hydrogens is 352 g/mol. The highest BCUT2D eigenvalue weighted by Gasteiger charge is 2.54. The molecule has 1 aromatic rings. The number of hydrogen-bond donors (Lipinski definition) is 1. The number of rotatable bonds is 3. The lowest BCUT2D eigenvalue weighted by Gasteiger charge is -2.58. The van der Waals surface area contributed by atoms with E-state index in [0.29, 0.717) is 18.9 Å². The first kappa shape index (κ1) is 19.0. The molecule has 0 spiro atoms. The molecule has 2 aliphatic heterocycles. The third kappa shape index (κ3) is 3.42. The van der Waals surface area contributed by atoms with E-state index in [9.17, 15) is 14.7 Å². The molecule has 3 aliphatic rings. The Morgan fingerprint density at radius 3 is 2.57 bits per heavy atom. The molecule has 5 heteroatoms. The summed E-state index contributed by atoms with van der Waals surface area (Å²) >= 11 is 0. The van der Waals surface area contributed by atoms with Crippen molar-refractivity contribution in [3.63, 3.8) is 0 Å². The Hall–Kier alpha value is -2.32. The summed E-state index contributed by atoms with van der Waals surface area (Å²) in [6, 6.07) is 7.95. The van der Waals surface area contributed by atoms with Crippen LogP contribution >= 0.6 is 0 Å². The number of aliphatic hydroxyl groups is 1. The van der Waals surface area contributed by atoms with Gasteiger partial charge in [-0.3, -0.25) is 9.59 Å². The number of carbonyl (C=O) groups is 2. The predicted molar refractivity (Wildman–Crippen MR) is 106 cm³/mol. The SMILES string of the molecule is CCC(=O)N1CC(=O)N2[C@H](CO)[C@@H](c3ccc(C#CC4CCCC4)cc3)[C@@H]2C1. The highest BCUT2D eigenvalue weighted by atomic mass is 16.3. The Morgan fingerprint density at radius 1 is 1.21 bits per heavy atom. The summed E-state index contributed by atoms with van der Waals surface area (Å²) in [5.74, 6) is 7.21. The van der Waals surface area contributed by atoms with Crippen LogP contribution in [0.25, 0.3) is 0 Å². The fraction of sp³-hybridized carbons (Fsp3) is 0.565. The molecule has 3 fully saturated rings. The predicted octanol–water partition coefficient (Wildman–Crippen LogP) is 2.14. The minimum Gasteiger partial charge on any atom is -0.394 e. The zero-order valence-electron chi connectivity index (χ0n) is 16.4. The molecule has 3 atom stereocenters. The minimum atomic E-state index is -0.202. The summed E-state index contributed by atoms with van der Waals surface area (Å²) in [7, 11) is 0. The lowest BCUT2D eigenvalue weighted by molar-refractivity contribution is -0.166. The molecule has 5 nitrogen and oxygen atoms in total. The van der Waals surface area contributed by atoms with E-state index in [1.165, 1.54) is 25.7 Å². The summed E-state index contributed by atoms with van der Waals surface area (Å²) < 4.78 is 0. The van der Waals surface area contributed by atoms with Crippen molar-refractivity contribution in [1.29, 1.82) is 0 Å². The standard InChI is InChI=1S/C23H28N2O3/c1-2-21(27)24-13-19-23(20(15-26)25(19)22(28)14-24)18-11-9-17(10-12-18)8-7-16-5-3-4-6-16/h9-12,16,19-20,23,26H,2-6,13-15H2,1H3/t19-,20+,23-/m0/s1. The Kier molecular flexibility index (Phi) is 5.41. The zero-order chi connectivity index (χ0) is 19.7. The number of amides is 2. The molecule has 148 valence electrons. The summed E-state index contributed by atoms with van der Waals surface area (Å²) in [5.41, 5.74) is 2.11. The second-order valence-corrected chi connectivity index (χ2v) is 8.14. The van der Waals surface area contributed by atoms with Crippen molar-refractivity contribution < 1.29 is 14.7 Å². The fourth-order valence-corrected chi connectivity index (χ4v) is 4.96. The molecule has 0 aromatic heterocycles. The summed E-state index contributed by atoms with van der Waals surface area (Å²) in [5, 5.41) is 9.86. The lowest BCUT2D eigenvalue weighted by atomic mass is 9.73. The smallest absolute Gasteiger partial charge is 0.242 e. The van der Waals surface area contributed by atoms with Gasteiger partial charge in [0.25, 0.3) is 0 Å². The van der Waals surface area contributed by atoms with Crippen LogP contribution < -0.4 is 0 Å². The van der Waals surface area contributed by atoms with Gasteiger partial charge in [0, 0.05) is 30.4 Å². The number of benzene rings is 1. The van der Waals surface area contributed by atoms with E-state index in [2.05, 4.69) is 24.0 Å². The van der Waals surface area contributed by atoms with Crippen LogP contribution in [0.5, 0.6) is 0 Å². The van der Waals surface area contributed by atoms with Gasteiger partial charge in [-0.25, -0.2) is 0 Å². The molecule has 0 radical (unpaired) electrons.